The van der Waals surface area contributed by atoms with Gasteiger partial charge in [-0.3, -0.25) is 0 Å². The molecule has 0 aliphatic carbocycles. The van der Waals surface area contributed by atoms with Crippen LogP contribution in [0.15, 0.2) is 65.5 Å². The summed E-state index contributed by atoms with van der Waals surface area (Å²) in [5, 5.41) is 2.04. The Kier molecular flexibility index (Phi) is 3.56. The molecule has 1 heterocycles. The summed E-state index contributed by atoms with van der Waals surface area (Å²) in [6.07, 6.45) is 0. The molecule has 0 unspecified atom stereocenters. The van der Waals surface area contributed by atoms with Gasteiger partial charge in [0.1, 0.15) is 12.4 Å². The number of ether oxygens (including phenoxy) is 1. The Labute approximate surface area is 116 Å². The van der Waals surface area contributed by atoms with Gasteiger partial charge in [-0.05, 0) is 29.8 Å². The van der Waals surface area contributed by atoms with E-state index in [1.54, 1.807) is 11.3 Å². The van der Waals surface area contributed by atoms with E-state index in [1.165, 1.54) is 5.56 Å². The van der Waals surface area contributed by atoms with Gasteiger partial charge in [-0.1, -0.05) is 30.3 Å². The zero-order valence-electron chi connectivity index (χ0n) is 10.3. The van der Waals surface area contributed by atoms with Crippen LogP contribution in [0.3, 0.4) is 0 Å². The molecule has 0 N–H and O–H groups in total. The summed E-state index contributed by atoms with van der Waals surface area (Å²) in [6.45, 7) is 0.594. The van der Waals surface area contributed by atoms with E-state index >= 15 is 0 Å². The molecule has 3 aromatic rings. The fourth-order valence-corrected chi connectivity index (χ4v) is 2.38. The molecule has 19 heavy (non-hydrogen) atoms. The van der Waals surface area contributed by atoms with Crippen LogP contribution < -0.4 is 4.74 Å². The SMILES string of the molecule is c1ccc(COc2ccc(-c3cscn3)cc2)cc1. The Morgan fingerprint density at radius 1 is 0.947 bits per heavy atom. The number of thiazole rings is 1. The first-order valence-corrected chi connectivity index (χ1v) is 7.01. The maximum Gasteiger partial charge on any atom is 0.119 e. The van der Waals surface area contributed by atoms with E-state index in [9.17, 15) is 0 Å². The molecule has 0 atom stereocenters. The average Bonchev–Trinajstić information content (AvgIpc) is 3.01. The van der Waals surface area contributed by atoms with Crippen LogP contribution >= 0.6 is 11.3 Å². The van der Waals surface area contributed by atoms with Crippen molar-refractivity contribution in [3.8, 4) is 17.0 Å². The Balaban J connectivity index is 1.67. The summed E-state index contributed by atoms with van der Waals surface area (Å²) < 4.78 is 5.75. The molecule has 3 rings (SSSR count). The van der Waals surface area contributed by atoms with Crippen molar-refractivity contribution in [2.75, 3.05) is 0 Å². The molecule has 2 aromatic carbocycles. The molecule has 0 aliphatic heterocycles. The molecule has 0 spiro atoms. The molecule has 3 heteroatoms. The largest absolute Gasteiger partial charge is 0.489 e. The lowest BCUT2D eigenvalue weighted by molar-refractivity contribution is 0.306. The van der Waals surface area contributed by atoms with E-state index in [-0.39, 0.29) is 0 Å². The molecule has 1 aromatic heterocycles. The third-order valence-electron chi connectivity index (χ3n) is 2.83. The zero-order chi connectivity index (χ0) is 12.9. The standard InChI is InChI=1S/C16H13NOS/c1-2-4-13(5-3-1)10-18-15-8-6-14(7-9-15)16-11-19-12-17-16/h1-9,11-12H,10H2. The highest BCUT2D eigenvalue weighted by atomic mass is 32.1. The van der Waals surface area contributed by atoms with Gasteiger partial charge >= 0.3 is 0 Å². The predicted molar refractivity (Wildman–Crippen MR) is 78.3 cm³/mol. The number of aromatic nitrogens is 1. The highest BCUT2D eigenvalue weighted by Crippen LogP contribution is 2.22. The number of benzene rings is 2. The Hall–Kier alpha value is -2.13. The summed E-state index contributed by atoms with van der Waals surface area (Å²) in [5.41, 5.74) is 5.15. The van der Waals surface area contributed by atoms with Crippen molar-refractivity contribution in [2.45, 2.75) is 6.61 Å². The highest BCUT2D eigenvalue weighted by molar-refractivity contribution is 7.07. The Morgan fingerprint density at radius 2 is 1.74 bits per heavy atom. The van der Waals surface area contributed by atoms with Gasteiger partial charge in [0.05, 0.1) is 11.2 Å². The van der Waals surface area contributed by atoms with Crippen molar-refractivity contribution in [1.29, 1.82) is 0 Å². The summed E-state index contributed by atoms with van der Waals surface area (Å²) in [4.78, 5) is 4.29. The van der Waals surface area contributed by atoms with Crippen LogP contribution in [0.25, 0.3) is 11.3 Å². The van der Waals surface area contributed by atoms with Crippen molar-refractivity contribution in [3.63, 3.8) is 0 Å². The minimum atomic E-state index is 0.594. The third kappa shape index (κ3) is 3.01. The second-order valence-corrected chi connectivity index (χ2v) is 4.89. The fourth-order valence-electron chi connectivity index (χ4n) is 1.82. The van der Waals surface area contributed by atoms with Gasteiger partial charge in [0.15, 0.2) is 0 Å². The number of hydrogen-bond acceptors (Lipinski definition) is 3. The second-order valence-electron chi connectivity index (χ2n) is 4.17. The molecule has 0 bridgehead atoms. The molecular weight excluding hydrogens is 254 g/mol. The molecule has 0 saturated carbocycles. The van der Waals surface area contributed by atoms with Gasteiger partial charge in [-0.2, -0.15) is 0 Å². The molecule has 0 amide bonds. The van der Waals surface area contributed by atoms with Gasteiger partial charge in [0.25, 0.3) is 0 Å². The summed E-state index contributed by atoms with van der Waals surface area (Å²) >= 11 is 1.60. The highest BCUT2D eigenvalue weighted by Gasteiger charge is 2.00. The lowest BCUT2D eigenvalue weighted by Crippen LogP contribution is -1.94. The molecule has 0 radical (unpaired) electrons. The monoisotopic (exact) mass is 267 g/mol. The zero-order valence-corrected chi connectivity index (χ0v) is 11.1. The third-order valence-corrected chi connectivity index (χ3v) is 3.42. The average molecular weight is 267 g/mol. The first-order chi connectivity index (χ1) is 9.42. The molecule has 0 saturated heterocycles. The Morgan fingerprint density at radius 3 is 2.42 bits per heavy atom. The van der Waals surface area contributed by atoms with Crippen molar-refractivity contribution in [2.24, 2.45) is 0 Å². The quantitative estimate of drug-likeness (QED) is 0.699. The lowest BCUT2D eigenvalue weighted by Gasteiger charge is -2.06. The van der Waals surface area contributed by atoms with Crippen molar-refractivity contribution < 1.29 is 4.74 Å². The fraction of sp³-hybridized carbons (Fsp3) is 0.0625. The van der Waals surface area contributed by atoms with Crippen LogP contribution in [0.1, 0.15) is 5.56 Å². The van der Waals surface area contributed by atoms with Crippen molar-refractivity contribution >= 4 is 11.3 Å². The molecule has 2 nitrogen and oxygen atoms in total. The minimum Gasteiger partial charge on any atom is -0.489 e. The summed E-state index contributed by atoms with van der Waals surface area (Å²) in [5.74, 6) is 0.878. The van der Waals surface area contributed by atoms with E-state index in [1.807, 2.05) is 53.4 Å². The lowest BCUT2D eigenvalue weighted by atomic mass is 10.2. The van der Waals surface area contributed by atoms with Gasteiger partial charge in [-0.15, -0.1) is 11.3 Å². The minimum absolute atomic E-state index is 0.594. The van der Waals surface area contributed by atoms with Gasteiger partial charge in [0, 0.05) is 10.9 Å². The van der Waals surface area contributed by atoms with E-state index < -0.39 is 0 Å². The van der Waals surface area contributed by atoms with Crippen LogP contribution in [0.2, 0.25) is 0 Å². The van der Waals surface area contributed by atoms with Crippen LogP contribution in [-0.4, -0.2) is 4.98 Å². The van der Waals surface area contributed by atoms with Crippen LogP contribution in [0, 0.1) is 0 Å². The molecule has 0 aliphatic rings. The molecule has 0 fully saturated rings. The van der Waals surface area contributed by atoms with E-state index in [4.69, 9.17) is 4.74 Å². The van der Waals surface area contributed by atoms with Crippen LogP contribution in [-0.2, 0) is 6.61 Å². The smallest absolute Gasteiger partial charge is 0.119 e. The molecular formula is C16H13NOS. The number of hydrogen-bond donors (Lipinski definition) is 0. The maximum absolute atomic E-state index is 5.75. The Bertz CT molecular complexity index is 618. The van der Waals surface area contributed by atoms with Gasteiger partial charge < -0.3 is 4.74 Å². The van der Waals surface area contributed by atoms with Gasteiger partial charge in [0.2, 0.25) is 0 Å². The van der Waals surface area contributed by atoms with Crippen molar-refractivity contribution in [1.82, 2.24) is 4.98 Å². The first kappa shape index (κ1) is 11.9. The van der Waals surface area contributed by atoms with Crippen LogP contribution in [0.4, 0.5) is 0 Å². The van der Waals surface area contributed by atoms with Crippen LogP contribution in [0.5, 0.6) is 5.75 Å². The van der Waals surface area contributed by atoms with Gasteiger partial charge in [-0.25, -0.2) is 4.98 Å². The van der Waals surface area contributed by atoms with Crippen molar-refractivity contribution in [3.05, 3.63) is 71.1 Å². The molecule has 94 valence electrons. The summed E-state index contributed by atoms with van der Waals surface area (Å²) in [7, 11) is 0. The first-order valence-electron chi connectivity index (χ1n) is 6.07. The topological polar surface area (TPSA) is 22.1 Å². The maximum atomic E-state index is 5.75. The normalized spacial score (nSPS) is 10.3. The second kappa shape index (κ2) is 5.67. The van der Waals surface area contributed by atoms with E-state index in [0.717, 1.165) is 17.0 Å². The summed E-state index contributed by atoms with van der Waals surface area (Å²) in [6, 6.07) is 18.2. The predicted octanol–water partition coefficient (Wildman–Crippen LogP) is 4.39. The van der Waals surface area contributed by atoms with E-state index in [0.29, 0.717) is 6.61 Å². The number of rotatable bonds is 4. The number of nitrogens with zero attached hydrogens (tertiary/aromatic N) is 1. The van der Waals surface area contributed by atoms with E-state index in [2.05, 4.69) is 17.1 Å².